The Morgan fingerprint density at radius 2 is 1.92 bits per heavy atom. The van der Waals surface area contributed by atoms with Crippen LogP contribution in [0.3, 0.4) is 0 Å². The molecular weight excluding hydrogens is 316 g/mol. The zero-order valence-electron chi connectivity index (χ0n) is 14.5. The minimum Gasteiger partial charge on any atom is -0.492 e. The summed E-state index contributed by atoms with van der Waals surface area (Å²) in [6, 6.07) is 15.1. The summed E-state index contributed by atoms with van der Waals surface area (Å²) >= 11 is 0. The van der Waals surface area contributed by atoms with Crippen LogP contribution in [-0.4, -0.2) is 25.0 Å². The highest BCUT2D eigenvalue weighted by molar-refractivity contribution is 6.04. The molecule has 1 fully saturated rings. The first-order valence-corrected chi connectivity index (χ1v) is 8.49. The van der Waals surface area contributed by atoms with Crippen molar-refractivity contribution in [3.63, 3.8) is 0 Å². The monoisotopic (exact) mass is 338 g/mol. The van der Waals surface area contributed by atoms with Crippen molar-refractivity contribution in [3.8, 4) is 5.75 Å². The Bertz CT molecular complexity index is 788. The maximum Gasteiger partial charge on any atom is 0.229 e. The summed E-state index contributed by atoms with van der Waals surface area (Å²) in [4.78, 5) is 26.7. The van der Waals surface area contributed by atoms with Crippen LogP contribution in [0.25, 0.3) is 0 Å². The molecule has 5 heteroatoms. The smallest absolute Gasteiger partial charge is 0.229 e. The molecule has 1 aliphatic heterocycles. The highest BCUT2D eigenvalue weighted by Crippen LogP contribution is 2.33. The number of para-hydroxylation sites is 3. The van der Waals surface area contributed by atoms with Crippen molar-refractivity contribution >= 4 is 23.2 Å². The van der Waals surface area contributed by atoms with Crippen LogP contribution in [0.2, 0.25) is 0 Å². The number of benzene rings is 2. The minimum absolute atomic E-state index is 0.0583. The molecule has 25 heavy (non-hydrogen) atoms. The molecule has 1 atom stereocenters. The number of rotatable bonds is 5. The standard InChI is InChI=1S/C20H22N2O3/c1-3-25-18-11-7-6-10-17(18)22-13-15(12-19(22)23)20(24)21-16-9-5-4-8-14(16)2/h4-11,15H,3,12-13H2,1-2H3,(H,21,24)/t15-/m0/s1. The van der Waals surface area contributed by atoms with Crippen LogP contribution < -0.4 is 15.0 Å². The van der Waals surface area contributed by atoms with Gasteiger partial charge >= 0.3 is 0 Å². The van der Waals surface area contributed by atoms with Gasteiger partial charge in [0, 0.05) is 18.7 Å². The second-order valence-electron chi connectivity index (χ2n) is 6.11. The van der Waals surface area contributed by atoms with Crippen LogP contribution in [0.5, 0.6) is 5.75 Å². The maximum absolute atomic E-state index is 12.6. The van der Waals surface area contributed by atoms with Gasteiger partial charge in [0.05, 0.1) is 18.2 Å². The van der Waals surface area contributed by atoms with Crippen LogP contribution in [-0.2, 0) is 9.59 Å². The summed E-state index contributed by atoms with van der Waals surface area (Å²) in [5, 5.41) is 2.94. The number of carbonyl (C=O) groups excluding carboxylic acids is 2. The lowest BCUT2D eigenvalue weighted by molar-refractivity contribution is -0.122. The number of nitrogens with zero attached hydrogens (tertiary/aromatic N) is 1. The molecule has 0 aromatic heterocycles. The molecule has 0 saturated carbocycles. The molecule has 0 radical (unpaired) electrons. The molecule has 2 amide bonds. The Kier molecular flexibility index (Phi) is 5.03. The van der Waals surface area contributed by atoms with Crippen molar-refractivity contribution in [2.24, 2.45) is 5.92 Å². The van der Waals surface area contributed by atoms with Gasteiger partial charge in [-0.25, -0.2) is 0 Å². The fourth-order valence-corrected chi connectivity index (χ4v) is 3.02. The summed E-state index contributed by atoms with van der Waals surface area (Å²) in [6.07, 6.45) is 0.207. The molecule has 2 aromatic rings. The molecule has 0 unspecified atom stereocenters. The first kappa shape index (κ1) is 17.0. The summed E-state index contributed by atoms with van der Waals surface area (Å²) in [6.45, 7) is 4.73. The van der Waals surface area contributed by atoms with Crippen molar-refractivity contribution in [1.29, 1.82) is 0 Å². The van der Waals surface area contributed by atoms with Crippen molar-refractivity contribution in [2.45, 2.75) is 20.3 Å². The molecule has 0 spiro atoms. The number of hydrogen-bond acceptors (Lipinski definition) is 3. The van der Waals surface area contributed by atoms with Gasteiger partial charge in [-0.1, -0.05) is 30.3 Å². The summed E-state index contributed by atoms with van der Waals surface area (Å²) in [5.74, 6) is 0.108. The van der Waals surface area contributed by atoms with Gasteiger partial charge in [-0.2, -0.15) is 0 Å². The topological polar surface area (TPSA) is 58.6 Å². The van der Waals surface area contributed by atoms with Crippen molar-refractivity contribution < 1.29 is 14.3 Å². The predicted octanol–water partition coefficient (Wildman–Crippen LogP) is 3.39. The van der Waals surface area contributed by atoms with Gasteiger partial charge < -0.3 is 15.0 Å². The van der Waals surface area contributed by atoms with Gasteiger partial charge in [0.2, 0.25) is 11.8 Å². The number of carbonyl (C=O) groups is 2. The van der Waals surface area contributed by atoms with Gasteiger partial charge in [-0.3, -0.25) is 9.59 Å². The van der Waals surface area contributed by atoms with Crippen LogP contribution in [0.15, 0.2) is 48.5 Å². The highest BCUT2D eigenvalue weighted by Gasteiger charge is 2.36. The number of anilines is 2. The Hall–Kier alpha value is -2.82. The third-order valence-corrected chi connectivity index (χ3v) is 4.35. The zero-order chi connectivity index (χ0) is 17.8. The van der Waals surface area contributed by atoms with Crippen molar-refractivity contribution in [1.82, 2.24) is 0 Å². The number of aryl methyl sites for hydroxylation is 1. The Morgan fingerprint density at radius 3 is 2.68 bits per heavy atom. The fraction of sp³-hybridized carbons (Fsp3) is 0.300. The number of ether oxygens (including phenoxy) is 1. The third-order valence-electron chi connectivity index (χ3n) is 4.35. The molecule has 3 rings (SSSR count). The van der Waals surface area contributed by atoms with Gasteiger partial charge in [-0.15, -0.1) is 0 Å². The van der Waals surface area contributed by atoms with Crippen molar-refractivity contribution in [2.75, 3.05) is 23.4 Å². The fourth-order valence-electron chi connectivity index (χ4n) is 3.02. The van der Waals surface area contributed by atoms with E-state index in [4.69, 9.17) is 4.74 Å². The Labute approximate surface area is 147 Å². The van der Waals surface area contributed by atoms with Gasteiger partial charge in [0.25, 0.3) is 0 Å². The minimum atomic E-state index is -0.373. The molecule has 5 nitrogen and oxygen atoms in total. The largest absolute Gasteiger partial charge is 0.492 e. The van der Waals surface area contributed by atoms with Crippen LogP contribution in [0, 0.1) is 12.8 Å². The molecule has 1 N–H and O–H groups in total. The van der Waals surface area contributed by atoms with E-state index >= 15 is 0 Å². The molecule has 130 valence electrons. The molecule has 0 bridgehead atoms. The zero-order valence-corrected chi connectivity index (χ0v) is 14.5. The number of hydrogen-bond donors (Lipinski definition) is 1. The van der Waals surface area contributed by atoms with Gasteiger partial charge in [0.1, 0.15) is 5.75 Å². The van der Waals surface area contributed by atoms with E-state index in [-0.39, 0.29) is 24.2 Å². The van der Waals surface area contributed by atoms with Crippen LogP contribution >= 0.6 is 0 Å². The number of amides is 2. The van der Waals surface area contributed by atoms with E-state index in [1.807, 2.05) is 62.4 Å². The molecule has 1 saturated heterocycles. The summed E-state index contributed by atoms with van der Waals surface area (Å²) in [7, 11) is 0. The van der Waals surface area contributed by atoms with E-state index in [0.717, 1.165) is 16.9 Å². The van der Waals surface area contributed by atoms with Gasteiger partial charge in [0.15, 0.2) is 0 Å². The molecule has 0 aliphatic carbocycles. The second kappa shape index (κ2) is 7.38. The first-order valence-electron chi connectivity index (χ1n) is 8.49. The average molecular weight is 338 g/mol. The lowest BCUT2D eigenvalue weighted by Crippen LogP contribution is -2.28. The Balaban J connectivity index is 1.74. The molecular formula is C20H22N2O3. The normalized spacial score (nSPS) is 16.8. The van der Waals surface area contributed by atoms with Crippen LogP contribution in [0.4, 0.5) is 11.4 Å². The summed E-state index contributed by atoms with van der Waals surface area (Å²) < 4.78 is 5.61. The first-order chi connectivity index (χ1) is 12.1. The predicted molar refractivity (Wildman–Crippen MR) is 97.9 cm³/mol. The maximum atomic E-state index is 12.6. The van der Waals surface area contributed by atoms with Crippen LogP contribution in [0.1, 0.15) is 18.9 Å². The van der Waals surface area contributed by atoms with E-state index in [0.29, 0.717) is 18.9 Å². The van der Waals surface area contributed by atoms with Gasteiger partial charge in [-0.05, 0) is 37.6 Å². The van der Waals surface area contributed by atoms with E-state index in [9.17, 15) is 9.59 Å². The summed E-state index contributed by atoms with van der Waals surface area (Å²) in [5.41, 5.74) is 2.51. The molecule has 2 aromatic carbocycles. The highest BCUT2D eigenvalue weighted by atomic mass is 16.5. The van der Waals surface area contributed by atoms with E-state index < -0.39 is 0 Å². The Morgan fingerprint density at radius 1 is 1.20 bits per heavy atom. The third kappa shape index (κ3) is 3.65. The quantitative estimate of drug-likeness (QED) is 0.909. The van der Waals surface area contributed by atoms with E-state index in [2.05, 4.69) is 5.32 Å². The average Bonchev–Trinajstić information content (AvgIpc) is 2.99. The van der Waals surface area contributed by atoms with E-state index in [1.54, 1.807) is 4.90 Å². The molecule has 1 aliphatic rings. The number of nitrogens with one attached hydrogen (secondary N) is 1. The second-order valence-corrected chi connectivity index (χ2v) is 6.11. The molecule has 1 heterocycles. The lowest BCUT2D eigenvalue weighted by atomic mass is 10.1. The SMILES string of the molecule is CCOc1ccccc1N1C[C@@H](C(=O)Nc2ccccc2C)CC1=O. The van der Waals surface area contributed by atoms with E-state index in [1.165, 1.54) is 0 Å². The lowest BCUT2D eigenvalue weighted by Gasteiger charge is -2.20. The van der Waals surface area contributed by atoms with Crippen molar-refractivity contribution in [3.05, 3.63) is 54.1 Å².